The lowest BCUT2D eigenvalue weighted by Gasteiger charge is -2.21. The van der Waals surface area contributed by atoms with Crippen LogP contribution in [0.5, 0.6) is 0 Å². The number of likely N-dealkylation sites (N-methyl/N-ethyl adjacent to an activating group) is 1. The molecule has 3 rings (SSSR count). The Bertz CT molecular complexity index is 919. The second kappa shape index (κ2) is 7.21. The fourth-order valence-electron chi connectivity index (χ4n) is 3.27. The molecular formula is C20H24N2O3S. The van der Waals surface area contributed by atoms with Gasteiger partial charge in [0, 0.05) is 32.7 Å². The van der Waals surface area contributed by atoms with Crippen LogP contribution in [0.25, 0.3) is 0 Å². The molecule has 0 aromatic heterocycles. The van der Waals surface area contributed by atoms with Crippen LogP contribution in [0.4, 0.5) is 5.69 Å². The smallest absolute Gasteiger partial charge is 0.208 e. The molecule has 0 unspecified atom stereocenters. The zero-order valence-corrected chi connectivity index (χ0v) is 16.2. The Morgan fingerprint density at radius 2 is 1.58 bits per heavy atom. The molecule has 0 radical (unpaired) electrons. The molecule has 0 saturated carbocycles. The van der Waals surface area contributed by atoms with Crippen molar-refractivity contribution in [2.45, 2.75) is 22.6 Å². The zero-order chi connectivity index (χ0) is 18.9. The first-order chi connectivity index (χ1) is 12.3. The molecular weight excluding hydrogens is 348 g/mol. The van der Waals surface area contributed by atoms with Crippen LogP contribution in [0.1, 0.15) is 21.5 Å². The summed E-state index contributed by atoms with van der Waals surface area (Å²) in [4.78, 5) is 15.5. The molecule has 0 bridgehead atoms. The lowest BCUT2D eigenvalue weighted by Crippen LogP contribution is -2.20. The molecule has 0 spiro atoms. The third-order valence-corrected chi connectivity index (χ3v) is 6.70. The summed E-state index contributed by atoms with van der Waals surface area (Å²) in [5, 5.41) is 0. The number of anilines is 1. The minimum Gasteiger partial charge on any atom is -0.377 e. The molecule has 0 aliphatic carbocycles. The summed E-state index contributed by atoms with van der Waals surface area (Å²) in [5.41, 5.74) is 3.48. The summed E-state index contributed by atoms with van der Waals surface area (Å²) < 4.78 is 26.5. The van der Waals surface area contributed by atoms with Gasteiger partial charge in [0.25, 0.3) is 0 Å². The van der Waals surface area contributed by atoms with Gasteiger partial charge in [-0.25, -0.2) is 8.42 Å². The second-order valence-electron chi connectivity index (χ2n) is 6.98. The third kappa shape index (κ3) is 3.52. The second-order valence-corrected chi connectivity index (χ2v) is 8.89. The molecule has 2 aromatic rings. The maximum atomic E-state index is 13.3. The van der Waals surface area contributed by atoms with Gasteiger partial charge >= 0.3 is 0 Å². The molecule has 0 atom stereocenters. The molecule has 0 amide bonds. The van der Waals surface area contributed by atoms with Crippen molar-refractivity contribution in [2.24, 2.45) is 0 Å². The quantitative estimate of drug-likeness (QED) is 0.772. The van der Waals surface area contributed by atoms with Crippen LogP contribution in [0.3, 0.4) is 0 Å². The largest absolute Gasteiger partial charge is 0.377 e. The Kier molecular flexibility index (Phi) is 5.16. The van der Waals surface area contributed by atoms with Crippen LogP contribution in [0.2, 0.25) is 0 Å². The SMILES string of the molecule is CN1CCc2cc(N(C)C)c(S(=O)(=O)c3ccc(C=O)cc3)cc2CC1. The van der Waals surface area contributed by atoms with Gasteiger partial charge in [-0.1, -0.05) is 12.1 Å². The van der Waals surface area contributed by atoms with Crippen molar-refractivity contribution in [1.82, 2.24) is 4.90 Å². The highest BCUT2D eigenvalue weighted by molar-refractivity contribution is 7.91. The highest BCUT2D eigenvalue weighted by Gasteiger charge is 2.25. The summed E-state index contributed by atoms with van der Waals surface area (Å²) >= 11 is 0. The average molecular weight is 372 g/mol. The molecule has 0 fully saturated rings. The highest BCUT2D eigenvalue weighted by atomic mass is 32.2. The van der Waals surface area contributed by atoms with Crippen molar-refractivity contribution in [1.29, 1.82) is 0 Å². The van der Waals surface area contributed by atoms with Gasteiger partial charge in [-0.05, 0) is 55.3 Å². The van der Waals surface area contributed by atoms with Crippen LogP contribution >= 0.6 is 0 Å². The Morgan fingerprint density at radius 3 is 2.12 bits per heavy atom. The Balaban J connectivity index is 2.14. The molecule has 1 aliphatic rings. The van der Waals surface area contributed by atoms with E-state index in [2.05, 4.69) is 11.9 Å². The molecule has 0 saturated heterocycles. The van der Waals surface area contributed by atoms with Crippen molar-refractivity contribution in [3.63, 3.8) is 0 Å². The van der Waals surface area contributed by atoms with E-state index in [1.165, 1.54) is 29.8 Å². The van der Waals surface area contributed by atoms with E-state index in [1.54, 1.807) is 0 Å². The van der Waals surface area contributed by atoms with Crippen molar-refractivity contribution in [3.8, 4) is 0 Å². The van der Waals surface area contributed by atoms with Crippen molar-refractivity contribution >= 4 is 21.8 Å². The van der Waals surface area contributed by atoms with E-state index in [0.717, 1.165) is 31.5 Å². The molecule has 5 nitrogen and oxygen atoms in total. The molecule has 6 heteroatoms. The Labute approximate surface area is 155 Å². The Morgan fingerprint density at radius 1 is 1.00 bits per heavy atom. The topological polar surface area (TPSA) is 57.7 Å². The lowest BCUT2D eigenvalue weighted by atomic mass is 10.0. The normalized spacial score (nSPS) is 15.2. The van der Waals surface area contributed by atoms with Crippen LogP contribution in [0.15, 0.2) is 46.2 Å². The number of hydrogen-bond donors (Lipinski definition) is 0. The van der Waals surface area contributed by atoms with E-state index in [0.29, 0.717) is 22.4 Å². The number of aldehydes is 1. The monoisotopic (exact) mass is 372 g/mol. The average Bonchev–Trinajstić information content (AvgIpc) is 2.82. The van der Waals surface area contributed by atoms with E-state index < -0.39 is 9.84 Å². The van der Waals surface area contributed by atoms with Crippen LogP contribution in [-0.4, -0.2) is 53.8 Å². The molecule has 2 aromatic carbocycles. The van der Waals surface area contributed by atoms with Crippen LogP contribution < -0.4 is 4.90 Å². The lowest BCUT2D eigenvalue weighted by molar-refractivity contribution is 0.112. The number of carbonyl (C=O) groups excluding carboxylic acids is 1. The maximum Gasteiger partial charge on any atom is 0.208 e. The third-order valence-electron chi connectivity index (χ3n) is 4.90. The fourth-order valence-corrected chi connectivity index (χ4v) is 4.83. The summed E-state index contributed by atoms with van der Waals surface area (Å²) in [6.07, 6.45) is 2.47. The predicted octanol–water partition coefficient (Wildman–Crippen LogP) is 2.43. The zero-order valence-electron chi connectivity index (χ0n) is 15.4. The number of benzene rings is 2. The number of carbonyl (C=O) groups is 1. The van der Waals surface area contributed by atoms with Crippen LogP contribution in [0, 0.1) is 0 Å². The summed E-state index contributed by atoms with van der Waals surface area (Å²) in [7, 11) is 2.14. The van der Waals surface area contributed by atoms with E-state index in [-0.39, 0.29) is 4.90 Å². The first kappa shape index (κ1) is 18.6. The Hall–Kier alpha value is -2.18. The predicted molar refractivity (Wildman–Crippen MR) is 103 cm³/mol. The van der Waals surface area contributed by atoms with Crippen molar-refractivity contribution in [3.05, 3.63) is 53.1 Å². The summed E-state index contributed by atoms with van der Waals surface area (Å²) in [6.45, 7) is 1.89. The van der Waals surface area contributed by atoms with Gasteiger partial charge in [-0.15, -0.1) is 0 Å². The molecule has 0 N–H and O–H groups in total. The summed E-state index contributed by atoms with van der Waals surface area (Å²) in [6, 6.07) is 9.92. The fraction of sp³-hybridized carbons (Fsp3) is 0.350. The van der Waals surface area contributed by atoms with Gasteiger partial charge in [0.2, 0.25) is 9.84 Å². The number of nitrogens with zero attached hydrogens (tertiary/aromatic N) is 2. The van der Waals surface area contributed by atoms with Crippen LogP contribution in [-0.2, 0) is 22.7 Å². The van der Waals surface area contributed by atoms with Gasteiger partial charge < -0.3 is 9.80 Å². The van der Waals surface area contributed by atoms with E-state index in [9.17, 15) is 13.2 Å². The number of sulfone groups is 1. The van der Waals surface area contributed by atoms with E-state index >= 15 is 0 Å². The van der Waals surface area contributed by atoms with Gasteiger partial charge in [0.15, 0.2) is 0 Å². The number of fused-ring (bicyclic) bond motifs is 1. The standard InChI is InChI=1S/C20H24N2O3S/c1-21(2)19-12-16-8-10-22(3)11-9-17(16)13-20(19)26(24,25)18-6-4-15(14-23)5-7-18/h4-7,12-14H,8-11H2,1-3H3. The first-order valence-electron chi connectivity index (χ1n) is 8.65. The first-order valence-corrected chi connectivity index (χ1v) is 10.1. The minimum absolute atomic E-state index is 0.205. The molecule has 138 valence electrons. The number of hydrogen-bond acceptors (Lipinski definition) is 5. The maximum absolute atomic E-state index is 13.3. The van der Waals surface area contributed by atoms with Gasteiger partial charge in [-0.2, -0.15) is 0 Å². The minimum atomic E-state index is -3.67. The van der Waals surface area contributed by atoms with Gasteiger partial charge in [0.05, 0.1) is 15.5 Å². The van der Waals surface area contributed by atoms with Gasteiger partial charge in [0.1, 0.15) is 6.29 Å². The molecule has 1 heterocycles. The molecule has 1 aliphatic heterocycles. The van der Waals surface area contributed by atoms with E-state index in [1.807, 2.05) is 31.1 Å². The van der Waals surface area contributed by atoms with Crippen molar-refractivity contribution in [2.75, 3.05) is 39.1 Å². The highest BCUT2D eigenvalue weighted by Crippen LogP contribution is 2.33. The van der Waals surface area contributed by atoms with Gasteiger partial charge in [-0.3, -0.25) is 4.79 Å². The summed E-state index contributed by atoms with van der Waals surface area (Å²) in [5.74, 6) is 0. The van der Waals surface area contributed by atoms with E-state index in [4.69, 9.17) is 0 Å². The molecule has 26 heavy (non-hydrogen) atoms. The van der Waals surface area contributed by atoms with Crippen molar-refractivity contribution < 1.29 is 13.2 Å². The number of rotatable bonds is 4.